The van der Waals surface area contributed by atoms with E-state index in [9.17, 15) is 39.9 Å². The molecule has 0 heterocycles. The summed E-state index contributed by atoms with van der Waals surface area (Å²) in [7, 11) is 0. The normalized spacial score (nSPS) is 13.7. The number of hydrogen-bond donors (Lipinski definition) is 1. The van der Waals surface area contributed by atoms with Crippen LogP contribution in [0.1, 0.15) is 10.4 Å². The van der Waals surface area contributed by atoms with Gasteiger partial charge in [-0.1, -0.05) is 0 Å². The first-order chi connectivity index (χ1) is 10.8. The SMILES string of the molecule is O=Cc1ccc(OCC(F)(F)C(F)(F)C(F)(F)C(F)(F)CO)cc1. The molecule has 1 aromatic carbocycles. The van der Waals surface area contributed by atoms with Crippen LogP contribution in [0.5, 0.6) is 5.75 Å². The maximum Gasteiger partial charge on any atom is 0.381 e. The predicted molar refractivity (Wildman–Crippen MR) is 64.2 cm³/mol. The van der Waals surface area contributed by atoms with Crippen LogP contribution in [-0.2, 0) is 0 Å². The monoisotopic (exact) mass is 366 g/mol. The summed E-state index contributed by atoms with van der Waals surface area (Å²) in [6.07, 6.45) is 0.379. The Morgan fingerprint density at radius 1 is 0.875 bits per heavy atom. The van der Waals surface area contributed by atoms with Crippen molar-refractivity contribution < 1.29 is 49.8 Å². The molecule has 0 spiro atoms. The zero-order valence-electron chi connectivity index (χ0n) is 11.6. The van der Waals surface area contributed by atoms with E-state index in [4.69, 9.17) is 5.11 Å². The number of carbonyl (C=O) groups is 1. The Kier molecular flexibility index (Phi) is 5.48. The van der Waals surface area contributed by atoms with Crippen molar-refractivity contribution in [2.45, 2.75) is 23.7 Å². The Labute approximate surface area is 129 Å². The fraction of sp³-hybridized carbons (Fsp3) is 0.462. The lowest BCUT2D eigenvalue weighted by atomic mass is 9.99. The fourth-order valence-electron chi connectivity index (χ4n) is 1.47. The molecule has 0 bridgehead atoms. The number of aliphatic hydroxyl groups excluding tert-OH is 1. The van der Waals surface area contributed by atoms with Crippen LogP contribution in [0.4, 0.5) is 35.1 Å². The number of benzene rings is 1. The minimum atomic E-state index is -6.52. The van der Waals surface area contributed by atoms with E-state index >= 15 is 0 Å². The van der Waals surface area contributed by atoms with Crippen LogP contribution in [-0.4, -0.2) is 48.3 Å². The molecule has 0 aliphatic carbocycles. The van der Waals surface area contributed by atoms with E-state index in [0.29, 0.717) is 6.29 Å². The van der Waals surface area contributed by atoms with Gasteiger partial charge < -0.3 is 9.84 Å². The molecular weight excluding hydrogens is 356 g/mol. The third-order valence-electron chi connectivity index (χ3n) is 2.95. The number of carbonyl (C=O) groups excluding carboxylic acids is 1. The second-order valence-corrected chi connectivity index (χ2v) is 4.69. The van der Waals surface area contributed by atoms with Gasteiger partial charge in [-0.15, -0.1) is 0 Å². The average Bonchev–Trinajstić information content (AvgIpc) is 2.52. The van der Waals surface area contributed by atoms with Crippen molar-refractivity contribution in [2.75, 3.05) is 13.2 Å². The lowest BCUT2D eigenvalue weighted by Gasteiger charge is -2.35. The first kappa shape index (κ1) is 20.1. The number of ether oxygens (including phenoxy) is 1. The Balaban J connectivity index is 2.97. The Bertz CT molecular complexity index is 571. The molecule has 0 aliphatic heterocycles. The molecule has 1 aromatic rings. The third-order valence-corrected chi connectivity index (χ3v) is 2.95. The number of halogens is 8. The minimum Gasteiger partial charge on any atom is -0.487 e. The van der Waals surface area contributed by atoms with Crippen LogP contribution in [0.15, 0.2) is 24.3 Å². The highest BCUT2D eigenvalue weighted by Gasteiger charge is 2.80. The van der Waals surface area contributed by atoms with Gasteiger partial charge in [-0.25, -0.2) is 0 Å². The average molecular weight is 366 g/mol. The van der Waals surface area contributed by atoms with Crippen LogP contribution in [0.2, 0.25) is 0 Å². The molecule has 1 rings (SSSR count). The summed E-state index contributed by atoms with van der Waals surface area (Å²) in [6, 6.07) is 3.96. The Morgan fingerprint density at radius 2 is 1.33 bits per heavy atom. The summed E-state index contributed by atoms with van der Waals surface area (Å²) in [4.78, 5) is 10.4. The largest absolute Gasteiger partial charge is 0.487 e. The summed E-state index contributed by atoms with van der Waals surface area (Å²) in [5.41, 5.74) is 0.0913. The molecule has 0 saturated carbocycles. The number of rotatable bonds is 8. The highest BCUT2D eigenvalue weighted by Crippen LogP contribution is 2.52. The maximum absolute atomic E-state index is 13.4. The number of aliphatic hydroxyl groups is 1. The van der Waals surface area contributed by atoms with Gasteiger partial charge in [0, 0.05) is 5.56 Å². The Morgan fingerprint density at radius 3 is 1.75 bits per heavy atom. The minimum absolute atomic E-state index is 0.0913. The molecule has 0 saturated heterocycles. The second-order valence-electron chi connectivity index (χ2n) is 4.69. The van der Waals surface area contributed by atoms with Crippen molar-refractivity contribution in [2.24, 2.45) is 0 Å². The van der Waals surface area contributed by atoms with Crippen LogP contribution in [0.25, 0.3) is 0 Å². The first-order valence-electron chi connectivity index (χ1n) is 6.12. The molecule has 0 fully saturated rings. The van der Waals surface area contributed by atoms with E-state index in [0.717, 1.165) is 24.3 Å². The van der Waals surface area contributed by atoms with Crippen molar-refractivity contribution in [1.29, 1.82) is 0 Å². The van der Waals surface area contributed by atoms with Crippen molar-refractivity contribution in [3.8, 4) is 5.75 Å². The lowest BCUT2D eigenvalue weighted by Crippen LogP contribution is -2.64. The summed E-state index contributed by atoms with van der Waals surface area (Å²) < 4.78 is 109. The molecule has 0 unspecified atom stereocenters. The molecule has 24 heavy (non-hydrogen) atoms. The van der Waals surface area contributed by atoms with Crippen molar-refractivity contribution in [3.63, 3.8) is 0 Å². The molecule has 0 radical (unpaired) electrons. The molecule has 0 amide bonds. The highest BCUT2D eigenvalue weighted by atomic mass is 19.4. The molecule has 136 valence electrons. The molecule has 1 N–H and O–H groups in total. The van der Waals surface area contributed by atoms with Crippen molar-refractivity contribution in [3.05, 3.63) is 29.8 Å². The molecule has 3 nitrogen and oxygen atoms in total. The number of alkyl halides is 8. The van der Waals surface area contributed by atoms with E-state index in [1.54, 1.807) is 0 Å². The summed E-state index contributed by atoms with van der Waals surface area (Å²) >= 11 is 0. The fourth-order valence-corrected chi connectivity index (χ4v) is 1.47. The quantitative estimate of drug-likeness (QED) is 0.567. The van der Waals surface area contributed by atoms with Gasteiger partial charge in [0.15, 0.2) is 6.61 Å². The van der Waals surface area contributed by atoms with Gasteiger partial charge in [-0.3, -0.25) is 4.79 Å². The molecule has 11 heteroatoms. The van der Waals surface area contributed by atoms with Gasteiger partial charge in [0.25, 0.3) is 0 Å². The summed E-state index contributed by atoms with van der Waals surface area (Å²) in [5.74, 6) is -25.0. The van der Waals surface area contributed by atoms with E-state index in [-0.39, 0.29) is 5.56 Å². The van der Waals surface area contributed by atoms with E-state index in [1.807, 2.05) is 0 Å². The zero-order chi connectivity index (χ0) is 18.8. The van der Waals surface area contributed by atoms with Crippen LogP contribution in [0, 0.1) is 0 Å². The number of aldehydes is 1. The topological polar surface area (TPSA) is 46.5 Å². The summed E-state index contributed by atoms with van der Waals surface area (Å²) in [5, 5.41) is 8.05. The van der Waals surface area contributed by atoms with Gasteiger partial charge in [0.05, 0.1) is 0 Å². The lowest BCUT2D eigenvalue weighted by molar-refractivity contribution is -0.372. The van der Waals surface area contributed by atoms with Crippen LogP contribution < -0.4 is 4.74 Å². The van der Waals surface area contributed by atoms with Crippen LogP contribution in [0.3, 0.4) is 0 Å². The van der Waals surface area contributed by atoms with Gasteiger partial charge in [-0.2, -0.15) is 35.1 Å². The van der Waals surface area contributed by atoms with E-state index < -0.39 is 42.7 Å². The first-order valence-corrected chi connectivity index (χ1v) is 6.12. The van der Waals surface area contributed by atoms with Crippen LogP contribution >= 0.6 is 0 Å². The van der Waals surface area contributed by atoms with Crippen molar-refractivity contribution >= 4 is 6.29 Å². The summed E-state index contributed by atoms with van der Waals surface area (Å²) in [6.45, 7) is -5.09. The Hall–Kier alpha value is -1.91. The van der Waals surface area contributed by atoms with Gasteiger partial charge >= 0.3 is 23.7 Å². The molecule has 0 atom stereocenters. The van der Waals surface area contributed by atoms with Crippen molar-refractivity contribution in [1.82, 2.24) is 0 Å². The smallest absolute Gasteiger partial charge is 0.381 e. The second kappa shape index (κ2) is 6.54. The molecular formula is C13H10F8O3. The zero-order valence-corrected chi connectivity index (χ0v) is 11.6. The highest BCUT2D eigenvalue weighted by molar-refractivity contribution is 5.74. The predicted octanol–water partition coefficient (Wildman–Crippen LogP) is 3.41. The third kappa shape index (κ3) is 3.45. The van der Waals surface area contributed by atoms with Gasteiger partial charge in [0.1, 0.15) is 18.6 Å². The number of hydrogen-bond acceptors (Lipinski definition) is 3. The standard InChI is InChI=1S/C13H10F8O3/c14-10(15,6-23)12(18,19)13(20,21)11(16,17)7-24-9-3-1-8(5-22)2-4-9/h1-5,23H,6-7H2. The van der Waals surface area contributed by atoms with Gasteiger partial charge in [-0.05, 0) is 24.3 Å². The van der Waals surface area contributed by atoms with E-state index in [1.165, 1.54) is 0 Å². The van der Waals surface area contributed by atoms with E-state index in [2.05, 4.69) is 4.74 Å². The van der Waals surface area contributed by atoms with Gasteiger partial charge in [0.2, 0.25) is 0 Å². The molecule has 0 aliphatic rings. The molecule has 0 aromatic heterocycles. The maximum atomic E-state index is 13.4.